The minimum absolute atomic E-state index is 0.0109. The van der Waals surface area contributed by atoms with E-state index >= 15 is 0 Å². The third-order valence-corrected chi connectivity index (χ3v) is 5.79. The van der Waals surface area contributed by atoms with Gasteiger partial charge in [-0.2, -0.15) is 18.4 Å². The number of aromatic nitrogens is 1. The van der Waals surface area contributed by atoms with E-state index in [9.17, 15) is 18.0 Å². The van der Waals surface area contributed by atoms with Crippen molar-refractivity contribution >= 4 is 34.6 Å². The van der Waals surface area contributed by atoms with Gasteiger partial charge in [0.15, 0.2) is 5.11 Å². The van der Waals surface area contributed by atoms with Crippen LogP contribution in [0.4, 0.5) is 24.5 Å². The van der Waals surface area contributed by atoms with E-state index in [1.165, 1.54) is 12.1 Å². The highest BCUT2D eigenvalue weighted by Gasteiger charge is 2.50. The number of hydrogen-bond donors (Lipinski definition) is 0. The maximum absolute atomic E-state index is 13.5. The highest BCUT2D eigenvalue weighted by Crippen LogP contribution is 2.39. The molecule has 1 aromatic heterocycles. The Morgan fingerprint density at radius 2 is 1.94 bits per heavy atom. The average Bonchev–Trinajstić information content (AvgIpc) is 2.97. The van der Waals surface area contributed by atoms with Crippen LogP contribution in [0.15, 0.2) is 41.6 Å². The number of nitrogens with zero attached hydrogens (tertiary/aromatic N) is 7. The number of thiocarbonyl (C=S) groups is 1. The Balaban J connectivity index is 1.88. The van der Waals surface area contributed by atoms with Crippen molar-refractivity contribution in [1.82, 2.24) is 4.98 Å². The van der Waals surface area contributed by atoms with Gasteiger partial charge in [0.2, 0.25) is 0 Å². The molecule has 176 valence electrons. The van der Waals surface area contributed by atoms with E-state index in [1.54, 1.807) is 37.1 Å². The number of unbranched alkanes of at least 4 members (excludes halogenated alkanes) is 1. The summed E-state index contributed by atoms with van der Waals surface area (Å²) in [6.07, 6.45) is -1.02. The number of carbonyl (C=O) groups excluding carboxylic acids is 1. The molecular weight excluding hydrogens is 467 g/mol. The molecule has 0 aliphatic carbocycles. The van der Waals surface area contributed by atoms with Crippen molar-refractivity contribution in [2.75, 3.05) is 16.3 Å². The molecule has 1 fully saturated rings. The van der Waals surface area contributed by atoms with Crippen molar-refractivity contribution in [2.24, 2.45) is 5.11 Å². The summed E-state index contributed by atoms with van der Waals surface area (Å²) >= 11 is 5.51. The first-order chi connectivity index (χ1) is 16.0. The number of pyridine rings is 1. The van der Waals surface area contributed by atoms with Gasteiger partial charge in [0.25, 0.3) is 5.91 Å². The van der Waals surface area contributed by atoms with Gasteiger partial charge < -0.3 is 4.90 Å². The smallest absolute Gasteiger partial charge is 0.302 e. The number of alkyl halides is 3. The molecule has 0 saturated carbocycles. The molecule has 8 nitrogen and oxygen atoms in total. The van der Waals surface area contributed by atoms with E-state index in [0.29, 0.717) is 18.7 Å². The number of carbonyl (C=O) groups is 1. The van der Waals surface area contributed by atoms with Crippen molar-refractivity contribution in [1.29, 1.82) is 5.26 Å². The molecule has 0 radical (unpaired) electrons. The molecule has 1 amide bonds. The maximum Gasteiger partial charge on any atom is 0.417 e. The van der Waals surface area contributed by atoms with E-state index in [-0.39, 0.29) is 10.8 Å². The SMILES string of the molecule is CC1(C)C(=O)N(c2ccc(C#N)c(C(F)(F)F)c2)C(=S)N1c1ccc(CCCCN=[N+]=[N-])nc1. The Kier molecular flexibility index (Phi) is 7.09. The second kappa shape index (κ2) is 9.67. The van der Waals surface area contributed by atoms with Crippen LogP contribution in [0.2, 0.25) is 0 Å². The van der Waals surface area contributed by atoms with Crippen molar-refractivity contribution in [3.63, 3.8) is 0 Å². The highest BCUT2D eigenvalue weighted by atomic mass is 32.1. The van der Waals surface area contributed by atoms with Crippen molar-refractivity contribution in [3.05, 3.63) is 63.8 Å². The van der Waals surface area contributed by atoms with Gasteiger partial charge in [-0.05, 0) is 81.2 Å². The number of halogens is 3. The number of rotatable bonds is 7. The summed E-state index contributed by atoms with van der Waals surface area (Å²) < 4.78 is 40.4. The van der Waals surface area contributed by atoms with Crippen LogP contribution in [-0.2, 0) is 17.4 Å². The summed E-state index contributed by atoms with van der Waals surface area (Å²) in [5, 5.41) is 12.5. The molecule has 12 heteroatoms. The number of azide groups is 1. The molecule has 2 heterocycles. The van der Waals surface area contributed by atoms with Gasteiger partial charge in [-0.15, -0.1) is 0 Å². The van der Waals surface area contributed by atoms with Gasteiger partial charge in [0.05, 0.1) is 34.8 Å². The Bertz CT molecular complexity index is 1200. The van der Waals surface area contributed by atoms with Gasteiger partial charge in [0, 0.05) is 17.2 Å². The van der Waals surface area contributed by atoms with Crippen LogP contribution in [0.25, 0.3) is 10.4 Å². The molecule has 2 aromatic rings. The number of amides is 1. The summed E-state index contributed by atoms with van der Waals surface area (Å²) in [6, 6.07) is 8.13. The molecular formula is C22H20F3N7OS. The third-order valence-electron chi connectivity index (χ3n) is 5.43. The number of nitriles is 1. The van der Waals surface area contributed by atoms with E-state index in [1.807, 2.05) is 0 Å². The van der Waals surface area contributed by atoms with E-state index in [0.717, 1.165) is 35.6 Å². The first-order valence-electron chi connectivity index (χ1n) is 10.3. The van der Waals surface area contributed by atoms with Gasteiger partial charge in [-0.25, -0.2) is 0 Å². The molecule has 1 aliphatic heterocycles. The molecule has 0 spiro atoms. The van der Waals surface area contributed by atoms with Crippen LogP contribution in [-0.4, -0.2) is 28.1 Å². The van der Waals surface area contributed by atoms with E-state index < -0.39 is 28.7 Å². The molecule has 34 heavy (non-hydrogen) atoms. The van der Waals surface area contributed by atoms with Gasteiger partial charge in [0.1, 0.15) is 5.54 Å². The normalized spacial score (nSPS) is 15.3. The summed E-state index contributed by atoms with van der Waals surface area (Å²) in [4.78, 5) is 22.9. The fraction of sp³-hybridized carbons (Fsp3) is 0.364. The number of benzene rings is 1. The summed E-state index contributed by atoms with van der Waals surface area (Å²) in [7, 11) is 0. The first kappa shape index (κ1) is 25.0. The Labute approximate surface area is 199 Å². The van der Waals surface area contributed by atoms with Gasteiger partial charge in [-0.1, -0.05) is 5.11 Å². The van der Waals surface area contributed by atoms with E-state index in [4.69, 9.17) is 23.0 Å². The maximum atomic E-state index is 13.5. The second-order valence-corrected chi connectivity index (χ2v) is 8.44. The Morgan fingerprint density at radius 3 is 2.53 bits per heavy atom. The molecule has 0 unspecified atom stereocenters. The quantitative estimate of drug-likeness (QED) is 0.168. The lowest BCUT2D eigenvalue weighted by Crippen LogP contribution is -2.44. The monoisotopic (exact) mass is 487 g/mol. The lowest BCUT2D eigenvalue weighted by Gasteiger charge is -2.29. The molecule has 0 atom stereocenters. The number of hydrogen-bond acceptors (Lipinski definition) is 5. The lowest BCUT2D eigenvalue weighted by molar-refractivity contribution is -0.137. The minimum atomic E-state index is -4.76. The second-order valence-electron chi connectivity index (χ2n) is 8.08. The van der Waals surface area contributed by atoms with Crippen LogP contribution >= 0.6 is 12.2 Å². The summed E-state index contributed by atoms with van der Waals surface area (Å²) in [5.41, 5.74) is 6.71. The van der Waals surface area contributed by atoms with Crippen LogP contribution in [0.5, 0.6) is 0 Å². The molecule has 0 N–H and O–H groups in total. The van der Waals surface area contributed by atoms with Gasteiger partial charge >= 0.3 is 6.18 Å². The number of aryl methyl sites for hydroxylation is 1. The van der Waals surface area contributed by atoms with Crippen LogP contribution in [0.3, 0.4) is 0 Å². The van der Waals surface area contributed by atoms with E-state index in [2.05, 4.69) is 15.0 Å². The highest BCUT2D eigenvalue weighted by molar-refractivity contribution is 7.81. The zero-order valence-electron chi connectivity index (χ0n) is 18.4. The largest absolute Gasteiger partial charge is 0.417 e. The number of anilines is 2. The van der Waals surface area contributed by atoms with Crippen LogP contribution in [0.1, 0.15) is 43.5 Å². The molecule has 0 bridgehead atoms. The third kappa shape index (κ3) is 4.81. The zero-order chi connectivity index (χ0) is 25.1. The topological polar surface area (TPSA) is 109 Å². The fourth-order valence-corrected chi connectivity index (χ4v) is 4.21. The lowest BCUT2D eigenvalue weighted by atomic mass is 10.0. The molecule has 1 aromatic carbocycles. The Morgan fingerprint density at radius 1 is 1.24 bits per heavy atom. The fourth-order valence-electron chi connectivity index (χ4n) is 3.69. The first-order valence-corrected chi connectivity index (χ1v) is 10.7. The molecule has 1 aliphatic rings. The Hall–Kier alpha value is -3.68. The van der Waals surface area contributed by atoms with Crippen molar-refractivity contribution < 1.29 is 18.0 Å². The molecule has 1 saturated heterocycles. The van der Waals surface area contributed by atoms with Crippen LogP contribution in [0, 0.1) is 11.3 Å². The average molecular weight is 488 g/mol. The predicted octanol–water partition coefficient (Wildman–Crippen LogP) is 5.52. The van der Waals surface area contributed by atoms with Gasteiger partial charge in [-0.3, -0.25) is 14.7 Å². The summed E-state index contributed by atoms with van der Waals surface area (Å²) in [5.74, 6) is -0.502. The van der Waals surface area contributed by atoms with Crippen molar-refractivity contribution in [3.8, 4) is 6.07 Å². The minimum Gasteiger partial charge on any atom is -0.302 e. The molecule has 3 rings (SSSR count). The summed E-state index contributed by atoms with van der Waals surface area (Å²) in [6.45, 7) is 3.66. The zero-order valence-corrected chi connectivity index (χ0v) is 19.2. The van der Waals surface area contributed by atoms with Crippen molar-refractivity contribution in [2.45, 2.75) is 44.8 Å². The van der Waals surface area contributed by atoms with Crippen LogP contribution < -0.4 is 9.80 Å². The predicted molar refractivity (Wildman–Crippen MR) is 124 cm³/mol. The standard InChI is InChI=1S/C22H20F3N7OS/c1-21(2)19(33)31(16-8-6-14(12-26)18(11-16)22(23,24)25)20(34)32(21)17-9-7-15(28-13-17)5-3-4-10-29-30-27/h6-9,11,13H,3-5,10H2,1-2H3.